The molecule has 134 valence electrons. The second-order valence-electron chi connectivity index (χ2n) is 5.32. The van der Waals surface area contributed by atoms with Crippen molar-refractivity contribution in [2.45, 2.75) is 6.54 Å². The van der Waals surface area contributed by atoms with Crippen molar-refractivity contribution in [2.24, 2.45) is 0 Å². The van der Waals surface area contributed by atoms with Gasteiger partial charge in [-0.1, -0.05) is 41.4 Å². The smallest absolute Gasteiger partial charge is 0.176 e. The van der Waals surface area contributed by atoms with Crippen LogP contribution in [-0.2, 0) is 6.54 Å². The Morgan fingerprint density at radius 2 is 1.85 bits per heavy atom. The van der Waals surface area contributed by atoms with Crippen molar-refractivity contribution < 1.29 is 8.78 Å². The highest BCUT2D eigenvalue weighted by atomic mass is 35.5. The van der Waals surface area contributed by atoms with Gasteiger partial charge in [-0.15, -0.1) is 0 Å². The Balaban J connectivity index is 1.69. The van der Waals surface area contributed by atoms with Crippen LogP contribution in [0, 0.1) is 11.6 Å². The molecule has 0 aliphatic carbocycles. The van der Waals surface area contributed by atoms with E-state index in [0.29, 0.717) is 22.4 Å². The number of nitrogens with one attached hydrogen (secondary N) is 2. The van der Waals surface area contributed by atoms with Crippen molar-refractivity contribution >= 4 is 52.0 Å². The molecular formula is C17H12Cl2F2N4S. The lowest BCUT2D eigenvalue weighted by Crippen LogP contribution is -2.20. The highest BCUT2D eigenvalue weighted by Crippen LogP contribution is 2.23. The molecule has 0 saturated carbocycles. The third kappa shape index (κ3) is 4.49. The molecule has 0 bridgehead atoms. The second-order valence-corrected chi connectivity index (χ2v) is 6.54. The number of hydrogen-bond acceptors (Lipinski definition) is 2. The summed E-state index contributed by atoms with van der Waals surface area (Å²) in [5.41, 5.74) is 0.921. The molecule has 0 spiro atoms. The van der Waals surface area contributed by atoms with Crippen LogP contribution in [0.1, 0.15) is 5.56 Å². The molecule has 1 aromatic heterocycles. The Labute approximate surface area is 163 Å². The number of halogens is 4. The molecule has 0 unspecified atom stereocenters. The average molecular weight is 413 g/mol. The number of hydrogen-bond donors (Lipinski definition) is 2. The average Bonchev–Trinajstić information content (AvgIpc) is 2.92. The van der Waals surface area contributed by atoms with Crippen LogP contribution < -0.4 is 10.6 Å². The van der Waals surface area contributed by atoms with Gasteiger partial charge in [0.15, 0.2) is 10.9 Å². The molecule has 2 aromatic carbocycles. The van der Waals surface area contributed by atoms with E-state index in [0.717, 1.165) is 17.7 Å². The van der Waals surface area contributed by atoms with Gasteiger partial charge >= 0.3 is 0 Å². The molecule has 2 N–H and O–H groups in total. The number of benzene rings is 2. The van der Waals surface area contributed by atoms with Gasteiger partial charge in [0.1, 0.15) is 16.7 Å². The van der Waals surface area contributed by atoms with Crippen LogP contribution in [0.2, 0.25) is 10.0 Å². The number of nitrogens with zero attached hydrogens (tertiary/aromatic N) is 2. The van der Waals surface area contributed by atoms with Crippen LogP contribution in [0.25, 0.3) is 0 Å². The zero-order chi connectivity index (χ0) is 18.7. The minimum atomic E-state index is -0.760. The van der Waals surface area contributed by atoms with E-state index in [1.807, 2.05) is 18.2 Å². The standard InChI is InChI=1S/C17H12Cl2F2N4S/c18-12-4-2-1-3-10(12)8-25-9-13(19)16(24-25)23-17(26)22-15-6-5-11(20)7-14(15)21/h1-7,9H,8H2,(H2,22,23,24,26). The largest absolute Gasteiger partial charge is 0.330 e. The van der Waals surface area contributed by atoms with Crippen molar-refractivity contribution in [1.82, 2.24) is 9.78 Å². The molecular weight excluding hydrogens is 401 g/mol. The van der Waals surface area contributed by atoms with Gasteiger partial charge in [-0.05, 0) is 36.0 Å². The quantitative estimate of drug-likeness (QED) is 0.568. The molecule has 0 aliphatic rings. The lowest BCUT2D eigenvalue weighted by atomic mass is 10.2. The topological polar surface area (TPSA) is 41.9 Å². The zero-order valence-corrected chi connectivity index (χ0v) is 15.5. The van der Waals surface area contributed by atoms with Crippen molar-refractivity contribution in [3.63, 3.8) is 0 Å². The fourth-order valence-electron chi connectivity index (χ4n) is 2.22. The predicted octanol–water partition coefficient (Wildman–Crippen LogP) is 5.33. The summed E-state index contributed by atoms with van der Waals surface area (Å²) >= 11 is 17.4. The van der Waals surface area contributed by atoms with Crippen molar-refractivity contribution in [3.05, 3.63) is 75.9 Å². The number of thiocarbonyl (C=S) groups is 1. The van der Waals surface area contributed by atoms with Crippen LogP contribution in [-0.4, -0.2) is 14.9 Å². The predicted molar refractivity (Wildman–Crippen MR) is 104 cm³/mol. The van der Waals surface area contributed by atoms with Gasteiger partial charge in [0.25, 0.3) is 0 Å². The fourth-order valence-corrected chi connectivity index (χ4v) is 2.82. The minimum Gasteiger partial charge on any atom is -0.330 e. The summed E-state index contributed by atoms with van der Waals surface area (Å²) in [6.07, 6.45) is 1.62. The lowest BCUT2D eigenvalue weighted by molar-refractivity contribution is 0.586. The van der Waals surface area contributed by atoms with Gasteiger partial charge < -0.3 is 10.6 Å². The number of anilines is 2. The Kier molecular flexibility index (Phi) is 5.70. The lowest BCUT2D eigenvalue weighted by Gasteiger charge is -2.10. The van der Waals surface area contributed by atoms with E-state index >= 15 is 0 Å². The summed E-state index contributed by atoms with van der Waals surface area (Å²) in [7, 11) is 0. The van der Waals surface area contributed by atoms with Gasteiger partial charge in [0.2, 0.25) is 0 Å². The summed E-state index contributed by atoms with van der Waals surface area (Å²) in [6, 6.07) is 10.5. The molecule has 0 radical (unpaired) electrons. The third-order valence-electron chi connectivity index (χ3n) is 3.42. The van der Waals surface area contributed by atoms with E-state index in [-0.39, 0.29) is 10.8 Å². The molecule has 0 fully saturated rings. The second kappa shape index (κ2) is 7.99. The summed E-state index contributed by atoms with van der Waals surface area (Å²) in [5, 5.41) is 10.7. The number of rotatable bonds is 4. The van der Waals surface area contributed by atoms with E-state index in [1.54, 1.807) is 16.9 Å². The summed E-state index contributed by atoms with van der Waals surface area (Å²) in [4.78, 5) is 0. The summed E-state index contributed by atoms with van der Waals surface area (Å²) in [5.74, 6) is -1.13. The first-order valence-corrected chi connectivity index (χ1v) is 8.58. The highest BCUT2D eigenvalue weighted by molar-refractivity contribution is 7.80. The van der Waals surface area contributed by atoms with Gasteiger partial charge in [-0.25, -0.2) is 8.78 Å². The SMILES string of the molecule is Fc1ccc(NC(=S)Nc2nn(Cc3ccccc3Cl)cc2Cl)c(F)c1. The van der Waals surface area contributed by atoms with E-state index < -0.39 is 11.6 Å². The van der Waals surface area contributed by atoms with Crippen LogP contribution in [0.15, 0.2) is 48.7 Å². The first kappa shape index (κ1) is 18.6. The third-order valence-corrected chi connectivity index (χ3v) is 4.27. The van der Waals surface area contributed by atoms with E-state index in [9.17, 15) is 8.78 Å². The molecule has 0 atom stereocenters. The fraction of sp³-hybridized carbons (Fsp3) is 0.0588. The van der Waals surface area contributed by atoms with Crippen LogP contribution in [0.4, 0.5) is 20.3 Å². The molecule has 1 heterocycles. The minimum absolute atomic E-state index is 0.0375. The molecule has 3 aromatic rings. The molecule has 9 heteroatoms. The monoisotopic (exact) mass is 412 g/mol. The molecule has 26 heavy (non-hydrogen) atoms. The van der Waals surface area contributed by atoms with Crippen molar-refractivity contribution in [2.75, 3.05) is 10.6 Å². The maximum absolute atomic E-state index is 13.7. The van der Waals surface area contributed by atoms with Gasteiger partial charge in [-0.3, -0.25) is 4.68 Å². The maximum atomic E-state index is 13.7. The van der Waals surface area contributed by atoms with Gasteiger partial charge in [0, 0.05) is 17.3 Å². The van der Waals surface area contributed by atoms with E-state index in [2.05, 4.69) is 15.7 Å². The number of aromatic nitrogens is 2. The van der Waals surface area contributed by atoms with Gasteiger partial charge in [0.05, 0.1) is 12.2 Å². The molecule has 3 rings (SSSR count). The van der Waals surface area contributed by atoms with Crippen molar-refractivity contribution in [1.29, 1.82) is 0 Å². The Morgan fingerprint density at radius 3 is 2.58 bits per heavy atom. The highest BCUT2D eigenvalue weighted by Gasteiger charge is 2.11. The summed E-state index contributed by atoms with van der Waals surface area (Å²) < 4.78 is 28.2. The Hall–Kier alpha value is -2.22. The van der Waals surface area contributed by atoms with E-state index in [4.69, 9.17) is 35.4 Å². The van der Waals surface area contributed by atoms with Crippen LogP contribution in [0.5, 0.6) is 0 Å². The zero-order valence-electron chi connectivity index (χ0n) is 13.1. The first-order chi connectivity index (χ1) is 12.4. The van der Waals surface area contributed by atoms with Crippen molar-refractivity contribution in [3.8, 4) is 0 Å². The normalized spacial score (nSPS) is 10.6. The Bertz CT molecular complexity index is 962. The first-order valence-electron chi connectivity index (χ1n) is 7.42. The molecule has 0 saturated heterocycles. The van der Waals surface area contributed by atoms with Crippen LogP contribution >= 0.6 is 35.4 Å². The maximum Gasteiger partial charge on any atom is 0.176 e. The summed E-state index contributed by atoms with van der Waals surface area (Å²) in [6.45, 7) is 0.424. The molecule has 0 amide bonds. The molecule has 0 aliphatic heterocycles. The Morgan fingerprint density at radius 1 is 1.08 bits per heavy atom. The van der Waals surface area contributed by atoms with Gasteiger partial charge in [-0.2, -0.15) is 5.10 Å². The van der Waals surface area contributed by atoms with E-state index in [1.165, 1.54) is 6.07 Å². The molecule has 4 nitrogen and oxygen atoms in total. The van der Waals surface area contributed by atoms with Crippen LogP contribution in [0.3, 0.4) is 0 Å².